The summed E-state index contributed by atoms with van der Waals surface area (Å²) in [6.07, 6.45) is 4.62. The second-order valence-corrected chi connectivity index (χ2v) is 6.01. The normalized spacial score (nSPS) is 32.5. The summed E-state index contributed by atoms with van der Waals surface area (Å²) < 4.78 is 4.84. The quantitative estimate of drug-likeness (QED) is 0.827. The maximum absolute atomic E-state index is 11.7. The number of ether oxygens (including phenoxy) is 1. The van der Waals surface area contributed by atoms with Crippen LogP contribution in [-0.2, 0) is 22.4 Å². The van der Waals surface area contributed by atoms with Crippen molar-refractivity contribution in [2.45, 2.75) is 37.6 Å². The second kappa shape index (κ2) is 4.64. The first-order chi connectivity index (χ1) is 9.13. The molecule has 1 fully saturated rings. The Kier molecular flexibility index (Phi) is 3.09. The van der Waals surface area contributed by atoms with Crippen molar-refractivity contribution < 1.29 is 9.53 Å². The van der Waals surface area contributed by atoms with Crippen LogP contribution in [0.5, 0.6) is 0 Å². The Morgan fingerprint density at radius 3 is 2.26 bits per heavy atom. The van der Waals surface area contributed by atoms with E-state index in [0.29, 0.717) is 18.3 Å². The zero-order chi connectivity index (χ0) is 13.5. The van der Waals surface area contributed by atoms with Crippen LogP contribution >= 0.6 is 0 Å². The van der Waals surface area contributed by atoms with Gasteiger partial charge in [-0.15, -0.1) is 0 Å². The first kappa shape index (κ1) is 12.7. The Labute approximate surface area is 114 Å². The Hall–Kier alpha value is -1.35. The van der Waals surface area contributed by atoms with Crippen LogP contribution in [0.1, 0.15) is 30.4 Å². The number of benzene rings is 1. The summed E-state index contributed by atoms with van der Waals surface area (Å²) in [7, 11) is 1.44. The highest BCUT2D eigenvalue weighted by atomic mass is 16.5. The first-order valence-electron chi connectivity index (χ1n) is 7.06. The third kappa shape index (κ3) is 2.06. The Morgan fingerprint density at radius 1 is 1.26 bits per heavy atom. The minimum absolute atomic E-state index is 0.176. The van der Waals surface area contributed by atoms with E-state index >= 15 is 0 Å². The molecule has 2 aliphatic carbocycles. The van der Waals surface area contributed by atoms with Gasteiger partial charge >= 0.3 is 5.97 Å². The van der Waals surface area contributed by atoms with Gasteiger partial charge in [0, 0.05) is 5.54 Å². The van der Waals surface area contributed by atoms with E-state index in [1.807, 2.05) is 0 Å². The van der Waals surface area contributed by atoms with E-state index in [4.69, 9.17) is 10.5 Å². The molecule has 2 N–H and O–H groups in total. The highest BCUT2D eigenvalue weighted by Gasteiger charge is 2.50. The lowest BCUT2D eigenvalue weighted by Crippen LogP contribution is -2.51. The molecule has 1 aromatic rings. The minimum atomic E-state index is -0.383. The van der Waals surface area contributed by atoms with Crippen LogP contribution < -0.4 is 5.73 Å². The molecule has 0 saturated heterocycles. The second-order valence-electron chi connectivity index (χ2n) is 6.01. The van der Waals surface area contributed by atoms with Crippen molar-refractivity contribution in [3.63, 3.8) is 0 Å². The number of hydrogen-bond acceptors (Lipinski definition) is 3. The van der Waals surface area contributed by atoms with E-state index in [1.165, 1.54) is 18.2 Å². The van der Waals surface area contributed by atoms with E-state index in [2.05, 4.69) is 24.3 Å². The third-order valence-electron chi connectivity index (χ3n) is 5.11. The summed E-state index contributed by atoms with van der Waals surface area (Å²) >= 11 is 0. The molecular formula is C16H21NO2. The molecular weight excluding hydrogens is 238 g/mol. The molecule has 3 nitrogen and oxygen atoms in total. The number of carbonyl (C=O) groups excluding carboxylic acids is 1. The predicted octanol–water partition coefficient (Wildman–Crippen LogP) is 2.07. The first-order valence-corrected chi connectivity index (χ1v) is 7.06. The topological polar surface area (TPSA) is 52.3 Å². The summed E-state index contributed by atoms with van der Waals surface area (Å²) in [4.78, 5) is 11.7. The molecule has 2 aliphatic rings. The number of esters is 1. The molecule has 0 radical (unpaired) electrons. The zero-order valence-corrected chi connectivity index (χ0v) is 11.4. The minimum Gasteiger partial charge on any atom is -0.469 e. The van der Waals surface area contributed by atoms with E-state index in [0.717, 1.165) is 25.7 Å². The van der Waals surface area contributed by atoms with Gasteiger partial charge in [0.2, 0.25) is 0 Å². The average Bonchev–Trinajstić information content (AvgIpc) is 2.60. The van der Waals surface area contributed by atoms with Crippen LogP contribution in [0.3, 0.4) is 0 Å². The molecule has 1 aromatic carbocycles. The largest absolute Gasteiger partial charge is 0.469 e. The van der Waals surface area contributed by atoms with Gasteiger partial charge in [-0.2, -0.15) is 0 Å². The number of methoxy groups -OCH3 is 1. The van der Waals surface area contributed by atoms with Gasteiger partial charge in [0.05, 0.1) is 13.5 Å². The number of fused-ring (bicyclic) bond motifs is 3. The molecule has 0 spiro atoms. The fourth-order valence-electron chi connectivity index (χ4n) is 3.95. The summed E-state index contributed by atoms with van der Waals surface area (Å²) in [6, 6.07) is 8.59. The van der Waals surface area contributed by atoms with Crippen molar-refractivity contribution in [1.82, 2.24) is 0 Å². The van der Waals surface area contributed by atoms with Gasteiger partial charge < -0.3 is 10.5 Å². The lowest BCUT2D eigenvalue weighted by atomic mass is 9.77. The van der Waals surface area contributed by atoms with Crippen LogP contribution in [0.25, 0.3) is 0 Å². The third-order valence-corrected chi connectivity index (χ3v) is 5.11. The lowest BCUT2D eigenvalue weighted by molar-refractivity contribution is -0.142. The fourth-order valence-corrected chi connectivity index (χ4v) is 3.95. The Bertz CT molecular complexity index is 464. The smallest absolute Gasteiger partial charge is 0.307 e. The number of carbonyl (C=O) groups is 1. The van der Waals surface area contributed by atoms with Crippen molar-refractivity contribution in [2.75, 3.05) is 7.11 Å². The standard InChI is InChI=1S/C16H21NO2/c1-19-15(18)10-16(17)13-6-7-14(16)9-12-5-3-2-4-11(12)8-13/h2-5,13-14H,6-10,17H2,1H3. The van der Waals surface area contributed by atoms with Crippen molar-refractivity contribution in [3.8, 4) is 0 Å². The maximum atomic E-state index is 11.7. The van der Waals surface area contributed by atoms with E-state index in [1.54, 1.807) is 0 Å². The molecule has 102 valence electrons. The Balaban J connectivity index is 1.92. The SMILES string of the molecule is COC(=O)CC1(N)C2CCC1Cc1ccccc1C2. The average molecular weight is 259 g/mol. The molecule has 0 heterocycles. The summed E-state index contributed by atoms with van der Waals surface area (Å²) in [5.74, 6) is 0.630. The van der Waals surface area contributed by atoms with Gasteiger partial charge in [-0.3, -0.25) is 4.79 Å². The summed E-state index contributed by atoms with van der Waals surface area (Å²) in [5.41, 5.74) is 9.10. The van der Waals surface area contributed by atoms with Gasteiger partial charge in [0.25, 0.3) is 0 Å². The number of hydrogen-bond donors (Lipinski definition) is 1. The highest BCUT2D eigenvalue weighted by Crippen LogP contribution is 2.47. The van der Waals surface area contributed by atoms with Crippen LogP contribution in [-0.4, -0.2) is 18.6 Å². The summed E-state index contributed by atoms with van der Waals surface area (Å²) in [5, 5.41) is 0. The van der Waals surface area contributed by atoms with Crippen molar-refractivity contribution in [3.05, 3.63) is 35.4 Å². The number of rotatable bonds is 2. The molecule has 2 bridgehead atoms. The van der Waals surface area contributed by atoms with Crippen molar-refractivity contribution in [1.29, 1.82) is 0 Å². The van der Waals surface area contributed by atoms with Crippen LogP contribution in [0.15, 0.2) is 24.3 Å². The molecule has 0 amide bonds. The maximum Gasteiger partial charge on any atom is 0.307 e. The fraction of sp³-hybridized carbons (Fsp3) is 0.562. The van der Waals surface area contributed by atoms with Gasteiger partial charge in [0.15, 0.2) is 0 Å². The molecule has 0 aliphatic heterocycles. The van der Waals surface area contributed by atoms with Gasteiger partial charge in [-0.05, 0) is 48.6 Å². The molecule has 1 saturated carbocycles. The molecule has 3 rings (SSSR count). The molecule has 19 heavy (non-hydrogen) atoms. The molecule has 2 unspecified atom stereocenters. The van der Waals surface area contributed by atoms with E-state index < -0.39 is 0 Å². The van der Waals surface area contributed by atoms with Crippen molar-refractivity contribution in [2.24, 2.45) is 17.6 Å². The van der Waals surface area contributed by atoms with Crippen LogP contribution in [0.2, 0.25) is 0 Å². The monoisotopic (exact) mass is 259 g/mol. The zero-order valence-electron chi connectivity index (χ0n) is 11.4. The van der Waals surface area contributed by atoms with Gasteiger partial charge in [0.1, 0.15) is 0 Å². The predicted molar refractivity (Wildman–Crippen MR) is 73.6 cm³/mol. The van der Waals surface area contributed by atoms with Crippen molar-refractivity contribution >= 4 is 5.97 Å². The van der Waals surface area contributed by atoms with E-state index in [-0.39, 0.29) is 11.5 Å². The molecule has 2 atom stereocenters. The number of nitrogens with two attached hydrogens (primary N) is 1. The Morgan fingerprint density at radius 2 is 1.79 bits per heavy atom. The van der Waals surface area contributed by atoms with Crippen LogP contribution in [0, 0.1) is 11.8 Å². The summed E-state index contributed by atoms with van der Waals surface area (Å²) in [6.45, 7) is 0. The van der Waals surface area contributed by atoms with Gasteiger partial charge in [-0.25, -0.2) is 0 Å². The van der Waals surface area contributed by atoms with Gasteiger partial charge in [-0.1, -0.05) is 24.3 Å². The lowest BCUT2D eigenvalue weighted by Gasteiger charge is -2.34. The van der Waals surface area contributed by atoms with Crippen LogP contribution in [0.4, 0.5) is 0 Å². The molecule has 0 aromatic heterocycles. The molecule has 3 heteroatoms. The highest BCUT2D eigenvalue weighted by molar-refractivity contribution is 5.71. The van der Waals surface area contributed by atoms with E-state index in [9.17, 15) is 4.79 Å².